The number of rotatable bonds is 11. The van der Waals surface area contributed by atoms with Crippen molar-refractivity contribution in [3.05, 3.63) is 88.9 Å². The van der Waals surface area contributed by atoms with Gasteiger partial charge in [-0.25, -0.2) is 0 Å². The molecular weight excluding hydrogens is 518 g/mol. The van der Waals surface area contributed by atoms with Gasteiger partial charge in [0.2, 0.25) is 5.78 Å². The molecule has 0 aromatic heterocycles. The van der Waals surface area contributed by atoms with Gasteiger partial charge in [0.05, 0.1) is 6.26 Å². The van der Waals surface area contributed by atoms with Gasteiger partial charge in [-0.15, -0.1) is 0 Å². The van der Waals surface area contributed by atoms with Crippen molar-refractivity contribution in [3.63, 3.8) is 0 Å². The summed E-state index contributed by atoms with van der Waals surface area (Å²) in [5.41, 5.74) is 6.30. The quantitative estimate of drug-likeness (QED) is 0.201. The summed E-state index contributed by atoms with van der Waals surface area (Å²) in [5.74, 6) is 1.52. The summed E-state index contributed by atoms with van der Waals surface area (Å²) in [6.45, 7) is 6.13. The molecule has 4 aliphatic rings. The molecule has 2 saturated carbocycles. The molecule has 0 N–H and O–H groups in total. The molecule has 2 aromatic rings. The maximum atomic E-state index is 13.6. The summed E-state index contributed by atoms with van der Waals surface area (Å²) in [5, 5.41) is 0. The maximum absolute atomic E-state index is 13.6. The van der Waals surface area contributed by atoms with Crippen LogP contribution >= 0.6 is 0 Å². The fourth-order valence-electron chi connectivity index (χ4n) is 8.06. The van der Waals surface area contributed by atoms with E-state index in [1.165, 1.54) is 55.3 Å². The van der Waals surface area contributed by atoms with Crippen LogP contribution in [0, 0.1) is 18.3 Å². The normalized spacial score (nSPS) is 22.1. The third kappa shape index (κ3) is 6.14. The lowest BCUT2D eigenvalue weighted by Crippen LogP contribution is -2.33. The molecule has 222 valence electrons. The number of anilines is 1. The summed E-state index contributed by atoms with van der Waals surface area (Å²) < 4.78 is 5.60. The Morgan fingerprint density at radius 3 is 2.57 bits per heavy atom. The number of piperidine rings is 1. The van der Waals surface area contributed by atoms with Crippen LogP contribution in [0.15, 0.2) is 66.6 Å². The molecule has 42 heavy (non-hydrogen) atoms. The highest BCUT2D eigenvalue weighted by Gasteiger charge is 2.50. The van der Waals surface area contributed by atoms with Crippen molar-refractivity contribution in [2.24, 2.45) is 11.3 Å². The molecule has 1 spiro atoms. The second kappa shape index (κ2) is 12.6. The zero-order valence-electron chi connectivity index (χ0n) is 25.6. The van der Waals surface area contributed by atoms with E-state index in [0.717, 1.165) is 55.8 Å². The van der Waals surface area contributed by atoms with E-state index < -0.39 is 0 Å². The minimum absolute atomic E-state index is 0.00638. The second-order valence-corrected chi connectivity index (χ2v) is 13.4. The number of para-hydroxylation sites is 1. The van der Waals surface area contributed by atoms with Crippen LogP contribution in [0.3, 0.4) is 0 Å². The molecule has 2 aromatic carbocycles. The van der Waals surface area contributed by atoms with Crippen molar-refractivity contribution in [2.75, 3.05) is 18.0 Å². The fourth-order valence-corrected chi connectivity index (χ4v) is 8.06. The Bertz CT molecular complexity index is 1360. The summed E-state index contributed by atoms with van der Waals surface area (Å²) in [7, 11) is 0. The number of benzene rings is 2. The lowest BCUT2D eigenvalue weighted by molar-refractivity contribution is -0.119. The van der Waals surface area contributed by atoms with Crippen molar-refractivity contribution in [1.82, 2.24) is 0 Å². The predicted octanol–water partition coefficient (Wildman–Crippen LogP) is 9.19. The number of allylic oxidation sites excluding steroid dienone is 3. The number of nitrogens with zero attached hydrogens (tertiary/aromatic N) is 1. The number of ether oxygens (including phenoxy) is 1. The third-order valence-electron chi connectivity index (χ3n) is 10.8. The Labute approximate surface area is 252 Å². The smallest absolute Gasteiger partial charge is 0.204 e. The number of Topliss-reactive ketones (excluding diaryl/α,β-unsaturated/α-hetero) is 2. The van der Waals surface area contributed by atoms with E-state index in [1.54, 1.807) is 6.26 Å². The van der Waals surface area contributed by atoms with Gasteiger partial charge in [-0.05, 0) is 123 Å². The molecule has 3 fully saturated rings. The van der Waals surface area contributed by atoms with Crippen LogP contribution in [0.25, 0.3) is 0 Å². The molecule has 4 heteroatoms. The summed E-state index contributed by atoms with van der Waals surface area (Å²) in [6.07, 6.45) is 19.2. The van der Waals surface area contributed by atoms with Crippen molar-refractivity contribution in [3.8, 4) is 0 Å². The van der Waals surface area contributed by atoms with E-state index in [-0.39, 0.29) is 17.5 Å². The standard InChI is InChI=1S/C38H47NO3/c1-27-10-3-5-13-34(27)39-23-18-29(19-24-39)32-17-16-30(26-33(32)28(2)37(41)36-15-7-8-25-42-36)35(40)14-6-4-11-31-12-9-20-38(31)21-22-38/h3,5,8,10,13,15-17,25-26,28-29,31H,4,6-7,9,11-12,14,18-24H2,1-2H3. The first kappa shape index (κ1) is 29.0. The fraction of sp³-hybridized carbons (Fsp3) is 0.526. The van der Waals surface area contributed by atoms with E-state index in [4.69, 9.17) is 4.74 Å². The zero-order chi connectivity index (χ0) is 29.1. The molecule has 1 saturated heterocycles. The molecule has 2 aliphatic carbocycles. The molecule has 2 unspecified atom stereocenters. The molecule has 2 aliphatic heterocycles. The van der Waals surface area contributed by atoms with E-state index in [9.17, 15) is 9.59 Å². The van der Waals surface area contributed by atoms with E-state index >= 15 is 0 Å². The number of aryl methyl sites for hydroxylation is 1. The molecule has 4 nitrogen and oxygen atoms in total. The highest BCUT2D eigenvalue weighted by atomic mass is 16.5. The third-order valence-corrected chi connectivity index (χ3v) is 10.8. The lowest BCUT2D eigenvalue weighted by Gasteiger charge is -2.36. The first-order chi connectivity index (χ1) is 20.4. The van der Waals surface area contributed by atoms with Crippen molar-refractivity contribution in [1.29, 1.82) is 0 Å². The number of unbranched alkanes of at least 4 members (excludes halogenated alkanes) is 1. The minimum Gasteiger partial charge on any atom is -0.462 e. The number of hydrogen-bond acceptors (Lipinski definition) is 4. The SMILES string of the molecule is Cc1ccccc1N1CCC(c2ccc(C(=O)CCCCC3CCCC34CC4)cc2C(C)C(=O)C2=CCC=CO2)CC1. The topological polar surface area (TPSA) is 46.6 Å². The number of carbonyl (C=O) groups excluding carboxylic acids is 2. The molecule has 0 amide bonds. The number of ketones is 2. The molecule has 0 bridgehead atoms. The van der Waals surface area contributed by atoms with Crippen LogP contribution in [0.4, 0.5) is 5.69 Å². The average molecular weight is 566 g/mol. The van der Waals surface area contributed by atoms with Gasteiger partial charge in [-0.3, -0.25) is 9.59 Å². The summed E-state index contributed by atoms with van der Waals surface area (Å²) in [6, 6.07) is 14.8. The molecule has 2 atom stereocenters. The first-order valence-electron chi connectivity index (χ1n) is 16.5. The number of hydrogen-bond donors (Lipinski definition) is 0. The maximum Gasteiger partial charge on any atom is 0.204 e. The summed E-state index contributed by atoms with van der Waals surface area (Å²) in [4.78, 5) is 29.5. The Morgan fingerprint density at radius 2 is 1.83 bits per heavy atom. The van der Waals surface area contributed by atoms with Gasteiger partial charge in [0, 0.05) is 36.7 Å². The monoisotopic (exact) mass is 565 g/mol. The van der Waals surface area contributed by atoms with Gasteiger partial charge in [0.1, 0.15) is 0 Å². The van der Waals surface area contributed by atoms with Gasteiger partial charge in [-0.1, -0.05) is 50.1 Å². The van der Waals surface area contributed by atoms with Crippen molar-refractivity contribution < 1.29 is 14.3 Å². The molecular formula is C38H47NO3. The Hall–Kier alpha value is -3.14. The van der Waals surface area contributed by atoms with Gasteiger partial charge in [-0.2, -0.15) is 0 Å². The van der Waals surface area contributed by atoms with Gasteiger partial charge in [0.25, 0.3) is 0 Å². The lowest BCUT2D eigenvalue weighted by atomic mass is 9.80. The van der Waals surface area contributed by atoms with Crippen LogP contribution in [0.1, 0.15) is 123 Å². The molecule has 0 radical (unpaired) electrons. The van der Waals surface area contributed by atoms with E-state index in [1.807, 2.05) is 31.2 Å². The van der Waals surface area contributed by atoms with Crippen LogP contribution < -0.4 is 4.90 Å². The Kier molecular flexibility index (Phi) is 8.70. The second-order valence-electron chi connectivity index (χ2n) is 13.4. The molecule has 2 heterocycles. The van der Waals surface area contributed by atoms with Crippen LogP contribution in [-0.2, 0) is 9.53 Å². The predicted molar refractivity (Wildman–Crippen MR) is 170 cm³/mol. The summed E-state index contributed by atoms with van der Waals surface area (Å²) >= 11 is 0. The van der Waals surface area contributed by atoms with Crippen LogP contribution in [0.5, 0.6) is 0 Å². The van der Waals surface area contributed by atoms with Gasteiger partial charge >= 0.3 is 0 Å². The van der Waals surface area contributed by atoms with E-state index in [0.29, 0.717) is 29.9 Å². The highest BCUT2D eigenvalue weighted by Crippen LogP contribution is 2.62. The minimum atomic E-state index is -0.364. The van der Waals surface area contributed by atoms with Gasteiger partial charge < -0.3 is 9.64 Å². The van der Waals surface area contributed by atoms with Crippen LogP contribution in [-0.4, -0.2) is 24.7 Å². The Morgan fingerprint density at radius 1 is 1.02 bits per heavy atom. The first-order valence-corrected chi connectivity index (χ1v) is 16.5. The van der Waals surface area contributed by atoms with E-state index in [2.05, 4.69) is 42.2 Å². The van der Waals surface area contributed by atoms with Crippen molar-refractivity contribution >= 4 is 17.3 Å². The Balaban J connectivity index is 1.15. The van der Waals surface area contributed by atoms with Crippen molar-refractivity contribution in [2.45, 2.75) is 103 Å². The zero-order valence-corrected chi connectivity index (χ0v) is 25.6. The number of carbonyl (C=O) groups is 2. The molecule has 6 rings (SSSR count). The average Bonchev–Trinajstić information content (AvgIpc) is 3.71. The van der Waals surface area contributed by atoms with Crippen LogP contribution in [0.2, 0.25) is 0 Å². The highest BCUT2D eigenvalue weighted by molar-refractivity contribution is 6.00. The largest absolute Gasteiger partial charge is 0.462 e. The van der Waals surface area contributed by atoms with Gasteiger partial charge in [0.15, 0.2) is 11.5 Å².